The predicted molar refractivity (Wildman–Crippen MR) is 167 cm³/mol. The van der Waals surface area contributed by atoms with Crippen LogP contribution in [0, 0.1) is 0 Å². The third kappa shape index (κ3) is 9.65. The van der Waals surface area contributed by atoms with Crippen molar-refractivity contribution in [2.45, 2.75) is 156 Å². The van der Waals surface area contributed by atoms with E-state index >= 15 is 0 Å². The molecule has 38 heavy (non-hydrogen) atoms. The van der Waals surface area contributed by atoms with Crippen LogP contribution in [0.3, 0.4) is 0 Å². The lowest BCUT2D eigenvalue weighted by Gasteiger charge is -2.30. The van der Waals surface area contributed by atoms with Crippen molar-refractivity contribution >= 4 is 0 Å². The standard InChI is InChI=1S/C36H58O2/c1-9-11-13-15-17-19-21-27-23-29(35(3,4)5)33(31(37)25-27)34-30(36(6,7)8)24-28(26-32(34)38)22-20-18-16-14-12-10-2/h23-26,37-38H,9-22H2,1-8H3. The fraction of sp³-hybridized carbons (Fsp3) is 0.667. The Hall–Kier alpha value is -1.96. The Labute approximate surface area is 235 Å². The number of unbranched alkanes of at least 4 members (excludes halogenated alkanes) is 10. The van der Waals surface area contributed by atoms with Gasteiger partial charge in [-0.25, -0.2) is 0 Å². The van der Waals surface area contributed by atoms with E-state index in [0.717, 1.165) is 47.9 Å². The van der Waals surface area contributed by atoms with E-state index in [0.29, 0.717) is 11.5 Å². The number of benzene rings is 2. The smallest absolute Gasteiger partial charge is 0.124 e. The van der Waals surface area contributed by atoms with Crippen LogP contribution in [0.4, 0.5) is 0 Å². The second-order valence-electron chi connectivity index (χ2n) is 13.6. The first-order chi connectivity index (χ1) is 17.9. The summed E-state index contributed by atoms with van der Waals surface area (Å²) in [6.45, 7) is 17.8. The van der Waals surface area contributed by atoms with Crippen molar-refractivity contribution in [3.05, 3.63) is 46.5 Å². The molecule has 0 bridgehead atoms. The average Bonchev–Trinajstić information content (AvgIpc) is 2.82. The molecule has 0 aliphatic rings. The van der Waals surface area contributed by atoms with E-state index < -0.39 is 0 Å². The van der Waals surface area contributed by atoms with Gasteiger partial charge >= 0.3 is 0 Å². The van der Waals surface area contributed by atoms with Crippen molar-refractivity contribution in [3.63, 3.8) is 0 Å². The summed E-state index contributed by atoms with van der Waals surface area (Å²) in [5, 5.41) is 23.0. The molecule has 2 N–H and O–H groups in total. The van der Waals surface area contributed by atoms with E-state index in [-0.39, 0.29) is 10.8 Å². The highest BCUT2D eigenvalue weighted by molar-refractivity contribution is 5.83. The molecule has 214 valence electrons. The Balaban J connectivity index is 2.42. The van der Waals surface area contributed by atoms with Crippen molar-refractivity contribution in [3.8, 4) is 22.6 Å². The van der Waals surface area contributed by atoms with Crippen molar-refractivity contribution < 1.29 is 10.2 Å². The minimum absolute atomic E-state index is 0.164. The Morgan fingerprint density at radius 2 is 0.789 bits per heavy atom. The lowest BCUT2D eigenvalue weighted by Crippen LogP contribution is -2.17. The summed E-state index contributed by atoms with van der Waals surface area (Å²) in [4.78, 5) is 0. The van der Waals surface area contributed by atoms with E-state index in [9.17, 15) is 10.2 Å². The van der Waals surface area contributed by atoms with E-state index in [1.165, 1.54) is 75.3 Å². The third-order valence-corrected chi connectivity index (χ3v) is 7.86. The Morgan fingerprint density at radius 3 is 1.11 bits per heavy atom. The molecular weight excluding hydrogens is 464 g/mol. The van der Waals surface area contributed by atoms with Crippen LogP contribution in [-0.2, 0) is 23.7 Å². The molecule has 2 nitrogen and oxygen atoms in total. The van der Waals surface area contributed by atoms with Gasteiger partial charge < -0.3 is 10.2 Å². The number of aryl methyl sites for hydroxylation is 2. The van der Waals surface area contributed by atoms with Gasteiger partial charge in [-0.3, -0.25) is 0 Å². The summed E-state index contributed by atoms with van der Waals surface area (Å²) < 4.78 is 0. The highest BCUT2D eigenvalue weighted by Crippen LogP contribution is 2.48. The van der Waals surface area contributed by atoms with Gasteiger partial charge in [0.1, 0.15) is 11.5 Å². The highest BCUT2D eigenvalue weighted by atomic mass is 16.3. The van der Waals surface area contributed by atoms with E-state index in [4.69, 9.17) is 0 Å². The molecule has 0 fully saturated rings. The summed E-state index contributed by atoms with van der Waals surface area (Å²) >= 11 is 0. The molecule has 0 saturated carbocycles. The molecule has 0 atom stereocenters. The number of aromatic hydroxyl groups is 2. The van der Waals surface area contributed by atoms with Crippen LogP contribution in [0.5, 0.6) is 11.5 Å². The van der Waals surface area contributed by atoms with Crippen LogP contribution in [0.25, 0.3) is 11.1 Å². The molecule has 0 heterocycles. The number of phenolic OH excluding ortho intramolecular Hbond substituents is 2. The molecule has 2 rings (SSSR count). The summed E-state index contributed by atoms with van der Waals surface area (Å²) in [5.41, 5.74) is 5.90. The van der Waals surface area contributed by atoms with Crippen LogP contribution in [-0.4, -0.2) is 10.2 Å². The van der Waals surface area contributed by atoms with Gasteiger partial charge in [0.25, 0.3) is 0 Å². The van der Waals surface area contributed by atoms with Crippen LogP contribution in [0.2, 0.25) is 0 Å². The van der Waals surface area contributed by atoms with Crippen LogP contribution in [0.15, 0.2) is 24.3 Å². The maximum Gasteiger partial charge on any atom is 0.124 e. The predicted octanol–water partition coefficient (Wildman–Crippen LogP) is 11.2. The van der Waals surface area contributed by atoms with Crippen molar-refractivity contribution in [2.75, 3.05) is 0 Å². The maximum atomic E-state index is 11.5. The van der Waals surface area contributed by atoms with Gasteiger partial charge in [0, 0.05) is 11.1 Å². The monoisotopic (exact) mass is 522 g/mol. The van der Waals surface area contributed by atoms with Gasteiger partial charge in [-0.15, -0.1) is 0 Å². The minimum Gasteiger partial charge on any atom is -0.507 e. The summed E-state index contributed by atoms with van der Waals surface area (Å²) in [6, 6.07) is 8.48. The fourth-order valence-electron chi connectivity index (χ4n) is 5.59. The molecule has 0 aliphatic carbocycles. The van der Waals surface area contributed by atoms with Gasteiger partial charge in [-0.05, 0) is 70.9 Å². The summed E-state index contributed by atoms with van der Waals surface area (Å²) in [7, 11) is 0. The van der Waals surface area contributed by atoms with Gasteiger partial charge in [0.2, 0.25) is 0 Å². The second-order valence-corrected chi connectivity index (χ2v) is 13.6. The van der Waals surface area contributed by atoms with Crippen LogP contribution < -0.4 is 0 Å². The van der Waals surface area contributed by atoms with E-state index in [1.807, 2.05) is 12.1 Å². The first kappa shape index (κ1) is 32.3. The molecule has 0 aromatic heterocycles. The third-order valence-electron chi connectivity index (χ3n) is 7.86. The zero-order chi connectivity index (χ0) is 28.3. The summed E-state index contributed by atoms with van der Waals surface area (Å²) in [5.74, 6) is 0.589. The van der Waals surface area contributed by atoms with Gasteiger partial charge in [0.05, 0.1) is 0 Å². The molecule has 0 saturated heterocycles. The quantitative estimate of drug-likeness (QED) is 0.228. The topological polar surface area (TPSA) is 40.5 Å². The molecule has 2 aromatic rings. The molecule has 2 aromatic carbocycles. The Bertz CT molecular complexity index is 906. The number of rotatable bonds is 15. The first-order valence-electron chi connectivity index (χ1n) is 15.6. The lowest BCUT2D eigenvalue weighted by atomic mass is 9.75. The SMILES string of the molecule is CCCCCCCCc1cc(O)c(-c2c(O)cc(CCCCCCCC)cc2C(C)(C)C)c(C(C)(C)C)c1. The Morgan fingerprint density at radius 1 is 0.474 bits per heavy atom. The number of hydrogen-bond acceptors (Lipinski definition) is 2. The summed E-state index contributed by atoms with van der Waals surface area (Å²) in [6.07, 6.45) is 17.1. The molecule has 0 aliphatic heterocycles. The van der Waals surface area contributed by atoms with E-state index in [1.54, 1.807) is 0 Å². The highest BCUT2D eigenvalue weighted by Gasteiger charge is 2.29. The van der Waals surface area contributed by atoms with Crippen LogP contribution in [0.1, 0.15) is 155 Å². The van der Waals surface area contributed by atoms with Crippen molar-refractivity contribution in [2.24, 2.45) is 0 Å². The molecule has 0 spiro atoms. The molecule has 0 amide bonds. The van der Waals surface area contributed by atoms with Crippen molar-refractivity contribution in [1.29, 1.82) is 0 Å². The normalized spacial score (nSPS) is 12.3. The second kappa shape index (κ2) is 15.0. The van der Waals surface area contributed by atoms with Crippen LogP contribution >= 0.6 is 0 Å². The first-order valence-corrected chi connectivity index (χ1v) is 15.6. The largest absolute Gasteiger partial charge is 0.507 e. The lowest BCUT2D eigenvalue weighted by molar-refractivity contribution is 0.462. The van der Waals surface area contributed by atoms with E-state index in [2.05, 4.69) is 67.5 Å². The van der Waals surface area contributed by atoms with Gasteiger partial charge in [-0.2, -0.15) is 0 Å². The number of hydrogen-bond donors (Lipinski definition) is 2. The minimum atomic E-state index is -0.164. The van der Waals surface area contributed by atoms with Gasteiger partial charge in [-0.1, -0.05) is 132 Å². The number of phenols is 2. The fourth-order valence-corrected chi connectivity index (χ4v) is 5.59. The van der Waals surface area contributed by atoms with Crippen molar-refractivity contribution in [1.82, 2.24) is 0 Å². The molecule has 0 unspecified atom stereocenters. The maximum absolute atomic E-state index is 11.5. The zero-order valence-corrected chi connectivity index (χ0v) is 26.1. The molecule has 0 radical (unpaired) electrons. The average molecular weight is 523 g/mol. The zero-order valence-electron chi connectivity index (χ0n) is 26.1. The molecule has 2 heteroatoms. The van der Waals surface area contributed by atoms with Gasteiger partial charge in [0.15, 0.2) is 0 Å². The molecular formula is C36H58O2. The Kier molecular flexibility index (Phi) is 12.7.